The van der Waals surface area contributed by atoms with Gasteiger partial charge in [0.2, 0.25) is 5.91 Å². The third-order valence-corrected chi connectivity index (χ3v) is 2.69. The van der Waals surface area contributed by atoms with Crippen LogP contribution in [0.25, 0.3) is 0 Å². The van der Waals surface area contributed by atoms with Gasteiger partial charge in [0.15, 0.2) is 0 Å². The Morgan fingerprint density at radius 1 is 1.53 bits per heavy atom. The number of carbonyl (C=O) groups is 2. The molecule has 2 rings (SSSR count). The number of hydrogen-bond acceptors (Lipinski definition) is 2. The number of carboxylic acids is 1. The van der Waals surface area contributed by atoms with Gasteiger partial charge in [0.05, 0.1) is 16.6 Å². The molecule has 0 bridgehead atoms. The molecule has 5 heteroatoms. The van der Waals surface area contributed by atoms with Crippen molar-refractivity contribution in [3.63, 3.8) is 0 Å². The summed E-state index contributed by atoms with van der Waals surface area (Å²) in [4.78, 5) is 22.2. The molecule has 4 nitrogen and oxygen atoms in total. The van der Waals surface area contributed by atoms with Gasteiger partial charge in [-0.05, 0) is 11.6 Å². The molecule has 1 aromatic carbocycles. The predicted molar refractivity (Wildman–Crippen MR) is 55.1 cm³/mol. The summed E-state index contributed by atoms with van der Waals surface area (Å²) in [7, 11) is 0. The average Bonchev–Trinajstić information content (AvgIpc) is 2.18. The van der Waals surface area contributed by atoms with Crippen LogP contribution in [0.15, 0.2) is 18.2 Å². The van der Waals surface area contributed by atoms with Crippen LogP contribution in [0.5, 0.6) is 0 Å². The molecule has 2 N–H and O–H groups in total. The first kappa shape index (κ1) is 9.98. The van der Waals surface area contributed by atoms with Crippen molar-refractivity contribution in [1.29, 1.82) is 0 Å². The SMILES string of the molecule is O=C1C[C@@H](C(=O)O)c2cccc(Cl)c2N1. The molecule has 0 saturated carbocycles. The van der Waals surface area contributed by atoms with Crippen molar-refractivity contribution < 1.29 is 14.7 Å². The highest BCUT2D eigenvalue weighted by Crippen LogP contribution is 2.36. The molecular weight excluding hydrogens is 218 g/mol. The summed E-state index contributed by atoms with van der Waals surface area (Å²) >= 11 is 5.87. The fraction of sp³-hybridized carbons (Fsp3) is 0.200. The molecule has 15 heavy (non-hydrogen) atoms. The summed E-state index contributed by atoms with van der Waals surface area (Å²) in [5.41, 5.74) is 0.984. The van der Waals surface area contributed by atoms with Gasteiger partial charge in [0, 0.05) is 6.42 Å². The van der Waals surface area contributed by atoms with Crippen LogP contribution in [0.1, 0.15) is 17.9 Å². The molecule has 0 fully saturated rings. The van der Waals surface area contributed by atoms with Crippen LogP contribution in [0.3, 0.4) is 0 Å². The van der Waals surface area contributed by atoms with Gasteiger partial charge in [-0.25, -0.2) is 0 Å². The van der Waals surface area contributed by atoms with Crippen molar-refractivity contribution in [2.45, 2.75) is 12.3 Å². The minimum absolute atomic E-state index is 0.0390. The molecule has 0 aliphatic carbocycles. The Bertz CT molecular complexity index is 444. The van der Waals surface area contributed by atoms with E-state index in [2.05, 4.69) is 5.32 Å². The topological polar surface area (TPSA) is 66.4 Å². The maximum Gasteiger partial charge on any atom is 0.311 e. The first-order valence-electron chi connectivity index (χ1n) is 4.40. The zero-order valence-electron chi connectivity index (χ0n) is 7.66. The monoisotopic (exact) mass is 225 g/mol. The lowest BCUT2D eigenvalue weighted by molar-refractivity contribution is -0.140. The highest BCUT2D eigenvalue weighted by atomic mass is 35.5. The highest BCUT2D eigenvalue weighted by Gasteiger charge is 2.31. The van der Waals surface area contributed by atoms with E-state index in [1.54, 1.807) is 18.2 Å². The number of nitrogens with one attached hydrogen (secondary N) is 1. The van der Waals surface area contributed by atoms with Crippen molar-refractivity contribution in [3.8, 4) is 0 Å². The number of fused-ring (bicyclic) bond motifs is 1. The maximum atomic E-state index is 11.3. The van der Waals surface area contributed by atoms with Crippen molar-refractivity contribution in [2.24, 2.45) is 0 Å². The van der Waals surface area contributed by atoms with Gasteiger partial charge < -0.3 is 10.4 Å². The molecule has 0 saturated heterocycles. The van der Waals surface area contributed by atoms with E-state index in [1.807, 2.05) is 0 Å². The Morgan fingerprint density at radius 2 is 2.27 bits per heavy atom. The zero-order valence-corrected chi connectivity index (χ0v) is 8.41. The van der Waals surface area contributed by atoms with E-state index in [9.17, 15) is 9.59 Å². The molecule has 1 atom stereocenters. The Morgan fingerprint density at radius 3 is 2.93 bits per heavy atom. The zero-order chi connectivity index (χ0) is 11.0. The largest absolute Gasteiger partial charge is 0.481 e. The second-order valence-electron chi connectivity index (χ2n) is 3.35. The molecule has 1 heterocycles. The molecule has 0 aromatic heterocycles. The van der Waals surface area contributed by atoms with Crippen LogP contribution < -0.4 is 5.32 Å². The molecule has 1 aromatic rings. The fourth-order valence-corrected chi connectivity index (χ4v) is 1.90. The maximum absolute atomic E-state index is 11.3. The summed E-state index contributed by atoms with van der Waals surface area (Å²) in [6, 6.07) is 4.96. The second kappa shape index (κ2) is 3.55. The van der Waals surface area contributed by atoms with Gasteiger partial charge in [-0.1, -0.05) is 23.7 Å². The fourth-order valence-electron chi connectivity index (χ4n) is 1.67. The molecule has 1 aliphatic heterocycles. The average molecular weight is 226 g/mol. The first-order valence-corrected chi connectivity index (χ1v) is 4.78. The van der Waals surface area contributed by atoms with Crippen LogP contribution in [-0.2, 0) is 9.59 Å². The van der Waals surface area contributed by atoms with E-state index in [-0.39, 0.29) is 12.3 Å². The number of halogens is 1. The Balaban J connectivity index is 2.55. The van der Waals surface area contributed by atoms with Crippen molar-refractivity contribution >= 4 is 29.2 Å². The Hall–Kier alpha value is -1.55. The predicted octanol–water partition coefficient (Wildman–Crippen LogP) is 1.85. The lowest BCUT2D eigenvalue weighted by atomic mass is 9.91. The number of aliphatic carboxylic acids is 1. The molecule has 0 unspecified atom stereocenters. The summed E-state index contributed by atoms with van der Waals surface area (Å²) < 4.78 is 0. The molecule has 0 spiro atoms. The summed E-state index contributed by atoms with van der Waals surface area (Å²) in [6.07, 6.45) is -0.0390. The number of amides is 1. The quantitative estimate of drug-likeness (QED) is 0.767. The number of benzene rings is 1. The van der Waals surface area contributed by atoms with Crippen LogP contribution in [0.2, 0.25) is 5.02 Å². The van der Waals surface area contributed by atoms with Gasteiger partial charge in [0.1, 0.15) is 0 Å². The lowest BCUT2D eigenvalue weighted by Gasteiger charge is -2.23. The Labute approximate surface area is 90.9 Å². The lowest BCUT2D eigenvalue weighted by Crippen LogP contribution is -2.27. The highest BCUT2D eigenvalue weighted by molar-refractivity contribution is 6.34. The number of anilines is 1. The first-order chi connectivity index (χ1) is 7.09. The van der Waals surface area contributed by atoms with E-state index in [4.69, 9.17) is 16.7 Å². The molecule has 1 amide bonds. The second-order valence-corrected chi connectivity index (χ2v) is 3.75. The van der Waals surface area contributed by atoms with E-state index in [0.717, 1.165) is 0 Å². The third-order valence-electron chi connectivity index (χ3n) is 2.37. The summed E-state index contributed by atoms with van der Waals surface area (Å²) in [5, 5.41) is 11.9. The number of carboxylic acid groups (broad SMARTS) is 1. The van der Waals surface area contributed by atoms with Gasteiger partial charge in [-0.15, -0.1) is 0 Å². The molecule has 1 aliphatic rings. The Kier molecular flexibility index (Phi) is 2.36. The normalized spacial score (nSPS) is 19.3. The van der Waals surface area contributed by atoms with Crippen molar-refractivity contribution in [2.75, 3.05) is 5.32 Å². The minimum Gasteiger partial charge on any atom is -0.481 e. The van der Waals surface area contributed by atoms with E-state index in [0.29, 0.717) is 16.3 Å². The molecular formula is C10H8ClNO3. The van der Waals surface area contributed by atoms with Crippen LogP contribution >= 0.6 is 11.6 Å². The molecule has 78 valence electrons. The van der Waals surface area contributed by atoms with Gasteiger partial charge in [-0.3, -0.25) is 9.59 Å². The van der Waals surface area contributed by atoms with Gasteiger partial charge in [-0.2, -0.15) is 0 Å². The number of rotatable bonds is 1. The van der Waals surface area contributed by atoms with Crippen LogP contribution in [0, 0.1) is 0 Å². The van der Waals surface area contributed by atoms with E-state index < -0.39 is 11.9 Å². The van der Waals surface area contributed by atoms with E-state index >= 15 is 0 Å². The minimum atomic E-state index is -1.01. The summed E-state index contributed by atoms with van der Waals surface area (Å²) in [5.74, 6) is -2.12. The number of carbonyl (C=O) groups excluding carboxylic acids is 1. The number of hydrogen-bond donors (Lipinski definition) is 2. The van der Waals surface area contributed by atoms with Gasteiger partial charge in [0.25, 0.3) is 0 Å². The van der Waals surface area contributed by atoms with E-state index in [1.165, 1.54) is 0 Å². The van der Waals surface area contributed by atoms with Crippen LogP contribution in [-0.4, -0.2) is 17.0 Å². The van der Waals surface area contributed by atoms with Crippen molar-refractivity contribution in [1.82, 2.24) is 0 Å². The van der Waals surface area contributed by atoms with Crippen LogP contribution in [0.4, 0.5) is 5.69 Å². The van der Waals surface area contributed by atoms with Gasteiger partial charge >= 0.3 is 5.97 Å². The summed E-state index contributed by atoms with van der Waals surface area (Å²) in [6.45, 7) is 0. The molecule has 0 radical (unpaired) electrons. The third kappa shape index (κ3) is 1.68. The smallest absolute Gasteiger partial charge is 0.311 e. The standard InChI is InChI=1S/C10H8ClNO3/c11-7-3-1-2-5-6(10(14)15)4-8(13)12-9(5)7/h1-3,6H,4H2,(H,12,13)(H,14,15)/t6-/m1/s1. The number of para-hydroxylation sites is 1. The van der Waals surface area contributed by atoms with Crippen molar-refractivity contribution in [3.05, 3.63) is 28.8 Å².